The highest BCUT2D eigenvalue weighted by atomic mass is 28.4. The molecule has 1 atom stereocenters. The molecule has 0 radical (unpaired) electrons. The van der Waals surface area contributed by atoms with E-state index in [4.69, 9.17) is 4.43 Å². The van der Waals surface area contributed by atoms with Crippen molar-refractivity contribution >= 4 is 14.1 Å². The van der Waals surface area contributed by atoms with Gasteiger partial charge in [-0.3, -0.25) is 4.79 Å². The van der Waals surface area contributed by atoms with Crippen molar-refractivity contribution in [3.63, 3.8) is 0 Å². The number of rotatable bonds is 10. The summed E-state index contributed by atoms with van der Waals surface area (Å²) in [6.07, 6.45) is 1.37. The van der Waals surface area contributed by atoms with E-state index in [-0.39, 0.29) is 6.10 Å². The maximum atomic E-state index is 12.4. The Labute approximate surface area is 121 Å². The molecular formula is C16H34O2Si. The quantitative estimate of drug-likeness (QED) is 0.526. The minimum Gasteiger partial charge on any atom is -0.407 e. The highest BCUT2D eigenvalue weighted by Crippen LogP contribution is 2.26. The lowest BCUT2D eigenvalue weighted by molar-refractivity contribution is -0.127. The number of hydrogen-bond donors (Lipinski definition) is 0. The van der Waals surface area contributed by atoms with E-state index in [1.54, 1.807) is 0 Å². The van der Waals surface area contributed by atoms with Crippen molar-refractivity contribution in [3.05, 3.63) is 0 Å². The Kier molecular flexibility index (Phi) is 8.84. The van der Waals surface area contributed by atoms with Gasteiger partial charge in [0, 0.05) is 6.42 Å². The van der Waals surface area contributed by atoms with Crippen LogP contribution in [0.15, 0.2) is 0 Å². The summed E-state index contributed by atoms with van der Waals surface area (Å²) < 4.78 is 6.45. The second-order valence-corrected chi connectivity index (χ2v) is 11.3. The van der Waals surface area contributed by atoms with Crippen LogP contribution < -0.4 is 0 Å². The van der Waals surface area contributed by atoms with Crippen LogP contribution >= 0.6 is 0 Å². The average molecular weight is 287 g/mol. The van der Waals surface area contributed by atoms with Crippen LogP contribution in [0.5, 0.6) is 0 Å². The Hall–Kier alpha value is -0.153. The largest absolute Gasteiger partial charge is 0.407 e. The normalized spacial score (nSPS) is 14.2. The Balaban J connectivity index is 4.88. The van der Waals surface area contributed by atoms with E-state index >= 15 is 0 Å². The molecule has 0 N–H and O–H groups in total. The molecule has 0 rings (SSSR count). The van der Waals surface area contributed by atoms with E-state index in [1.165, 1.54) is 0 Å². The topological polar surface area (TPSA) is 26.3 Å². The first kappa shape index (κ1) is 18.8. The summed E-state index contributed by atoms with van der Waals surface area (Å²) in [4.78, 5) is 12.4. The molecule has 0 aromatic heterocycles. The molecule has 2 nitrogen and oxygen atoms in total. The van der Waals surface area contributed by atoms with Gasteiger partial charge in [-0.2, -0.15) is 0 Å². The van der Waals surface area contributed by atoms with Crippen molar-refractivity contribution in [3.8, 4) is 0 Å². The van der Waals surface area contributed by atoms with Crippen LogP contribution in [0.3, 0.4) is 0 Å². The lowest BCUT2D eigenvalue weighted by Gasteiger charge is -2.33. The Morgan fingerprint density at radius 3 is 1.74 bits per heavy atom. The maximum absolute atomic E-state index is 12.4. The summed E-state index contributed by atoms with van der Waals surface area (Å²) >= 11 is 0. The zero-order valence-corrected chi connectivity index (χ0v) is 15.1. The van der Waals surface area contributed by atoms with Gasteiger partial charge >= 0.3 is 0 Å². The minimum atomic E-state index is -1.68. The molecule has 0 unspecified atom stereocenters. The lowest BCUT2D eigenvalue weighted by atomic mass is 9.97. The minimum absolute atomic E-state index is 0.158. The fraction of sp³-hybridized carbons (Fsp3) is 0.938. The molecule has 0 aliphatic carbocycles. The van der Waals surface area contributed by atoms with E-state index < -0.39 is 8.32 Å². The highest BCUT2D eigenvalue weighted by Gasteiger charge is 2.34. The summed E-state index contributed by atoms with van der Waals surface area (Å²) in [5.41, 5.74) is 0. The molecule has 19 heavy (non-hydrogen) atoms. The summed E-state index contributed by atoms with van der Waals surface area (Å²) in [6, 6.07) is 3.34. The number of carbonyl (C=O) groups excluding carboxylic acids is 1. The zero-order chi connectivity index (χ0) is 15.1. The highest BCUT2D eigenvalue weighted by molar-refractivity contribution is 6.73. The lowest BCUT2D eigenvalue weighted by Crippen LogP contribution is -2.43. The smallest absolute Gasteiger partial charge is 0.193 e. The zero-order valence-electron chi connectivity index (χ0n) is 14.1. The van der Waals surface area contributed by atoms with Gasteiger partial charge in [0.05, 0.1) is 0 Å². The fourth-order valence-corrected chi connectivity index (χ4v) is 5.34. The first-order valence-corrected chi connectivity index (χ1v) is 10.5. The third kappa shape index (κ3) is 6.71. The van der Waals surface area contributed by atoms with Gasteiger partial charge in [-0.15, -0.1) is 0 Å². The fourth-order valence-electron chi connectivity index (χ4n) is 2.51. The van der Waals surface area contributed by atoms with Crippen molar-refractivity contribution in [1.82, 2.24) is 0 Å². The molecule has 0 saturated carbocycles. The van der Waals surface area contributed by atoms with E-state index in [1.807, 2.05) is 0 Å². The summed E-state index contributed by atoms with van der Waals surface area (Å²) in [6.45, 7) is 15.2. The summed E-state index contributed by atoms with van der Waals surface area (Å²) in [5.74, 6) is 1.25. The molecule has 0 aromatic carbocycles. The standard InChI is InChI=1S/C16H34O2Si/c1-8-19(9-2,10-3)18-16(12-14(6)7)15(17)11-13(4)5/h13-14,16H,8-12H2,1-7H3/t16-/m0/s1. The van der Waals surface area contributed by atoms with Crippen molar-refractivity contribution in [2.24, 2.45) is 11.8 Å². The van der Waals surface area contributed by atoms with E-state index in [0.717, 1.165) is 24.6 Å². The summed E-state index contributed by atoms with van der Waals surface area (Å²) in [7, 11) is -1.68. The number of Topliss-reactive ketones (excluding diaryl/α,β-unsaturated/α-hetero) is 1. The van der Waals surface area contributed by atoms with Gasteiger partial charge in [0.2, 0.25) is 0 Å². The molecule has 0 heterocycles. The molecule has 0 fully saturated rings. The Morgan fingerprint density at radius 2 is 1.42 bits per heavy atom. The molecular weight excluding hydrogens is 252 g/mol. The molecule has 114 valence electrons. The second kappa shape index (κ2) is 8.91. The Bertz CT molecular complexity index is 249. The van der Waals surface area contributed by atoms with Gasteiger partial charge in [0.1, 0.15) is 6.10 Å². The van der Waals surface area contributed by atoms with Crippen LogP contribution in [-0.2, 0) is 9.22 Å². The van der Waals surface area contributed by atoms with E-state index in [0.29, 0.717) is 24.0 Å². The number of ketones is 1. The first-order valence-electron chi connectivity index (χ1n) is 8.00. The van der Waals surface area contributed by atoms with Crippen LogP contribution in [0.2, 0.25) is 18.1 Å². The van der Waals surface area contributed by atoms with Gasteiger partial charge in [-0.1, -0.05) is 48.5 Å². The van der Waals surface area contributed by atoms with Gasteiger partial charge < -0.3 is 4.43 Å². The van der Waals surface area contributed by atoms with Gasteiger partial charge in [0.25, 0.3) is 0 Å². The molecule has 0 aliphatic rings. The maximum Gasteiger partial charge on any atom is 0.193 e. The number of carbonyl (C=O) groups is 1. The first-order chi connectivity index (χ1) is 8.80. The van der Waals surface area contributed by atoms with Crippen molar-refractivity contribution in [1.29, 1.82) is 0 Å². The molecule has 3 heteroatoms. The molecule has 0 spiro atoms. The molecule has 0 amide bonds. The van der Waals surface area contributed by atoms with Crippen LogP contribution in [0.25, 0.3) is 0 Å². The molecule has 0 bridgehead atoms. The third-order valence-corrected chi connectivity index (χ3v) is 8.63. The third-order valence-electron chi connectivity index (χ3n) is 3.98. The predicted octanol–water partition coefficient (Wildman–Crippen LogP) is 5.04. The van der Waals surface area contributed by atoms with Crippen LogP contribution in [0, 0.1) is 11.8 Å². The average Bonchev–Trinajstić information content (AvgIpc) is 2.33. The van der Waals surface area contributed by atoms with E-state index in [9.17, 15) is 4.79 Å². The molecule has 0 aromatic rings. The summed E-state index contributed by atoms with van der Waals surface area (Å²) in [5, 5.41) is 0. The van der Waals surface area contributed by atoms with Gasteiger partial charge in [-0.25, -0.2) is 0 Å². The van der Waals surface area contributed by atoms with Crippen molar-refractivity contribution in [2.45, 2.75) is 85.5 Å². The predicted molar refractivity (Wildman–Crippen MR) is 86.0 cm³/mol. The van der Waals surface area contributed by atoms with Crippen molar-refractivity contribution < 1.29 is 9.22 Å². The van der Waals surface area contributed by atoms with E-state index in [2.05, 4.69) is 48.5 Å². The molecule has 0 aliphatic heterocycles. The number of hydrogen-bond acceptors (Lipinski definition) is 2. The Morgan fingerprint density at radius 1 is 0.947 bits per heavy atom. The van der Waals surface area contributed by atoms with Gasteiger partial charge in [-0.05, 0) is 36.4 Å². The van der Waals surface area contributed by atoms with Gasteiger partial charge in [0.15, 0.2) is 14.1 Å². The SMILES string of the molecule is CC[Si](CC)(CC)O[C@@H](CC(C)C)C(=O)CC(C)C. The monoisotopic (exact) mass is 286 g/mol. The van der Waals surface area contributed by atoms with Crippen LogP contribution in [-0.4, -0.2) is 20.2 Å². The van der Waals surface area contributed by atoms with Crippen molar-refractivity contribution in [2.75, 3.05) is 0 Å². The van der Waals surface area contributed by atoms with Crippen LogP contribution in [0.1, 0.15) is 61.3 Å². The molecule has 0 saturated heterocycles. The second-order valence-electron chi connectivity index (χ2n) is 6.54. The van der Waals surface area contributed by atoms with Crippen LogP contribution in [0.4, 0.5) is 0 Å².